The van der Waals surface area contributed by atoms with E-state index in [0.29, 0.717) is 11.1 Å². The van der Waals surface area contributed by atoms with Gasteiger partial charge in [-0.3, -0.25) is 4.79 Å². The van der Waals surface area contributed by atoms with Gasteiger partial charge in [0, 0.05) is 18.7 Å². The van der Waals surface area contributed by atoms with E-state index in [-0.39, 0.29) is 5.91 Å². The number of hydrogen-bond acceptors (Lipinski definition) is 1. The van der Waals surface area contributed by atoms with Crippen molar-refractivity contribution in [3.05, 3.63) is 83.4 Å². The van der Waals surface area contributed by atoms with Gasteiger partial charge in [0.05, 0.1) is 5.56 Å². The molecule has 1 aliphatic rings. The van der Waals surface area contributed by atoms with Crippen molar-refractivity contribution in [2.75, 3.05) is 13.1 Å². The predicted molar refractivity (Wildman–Crippen MR) is 112 cm³/mol. The van der Waals surface area contributed by atoms with Crippen LogP contribution >= 0.6 is 0 Å². The van der Waals surface area contributed by atoms with Crippen LogP contribution in [-0.4, -0.2) is 23.9 Å². The quantitative estimate of drug-likeness (QED) is 0.478. The van der Waals surface area contributed by atoms with Crippen LogP contribution in [0.25, 0.3) is 22.3 Å². The van der Waals surface area contributed by atoms with Crippen molar-refractivity contribution < 1.29 is 18.0 Å². The molecular weight excluding hydrogens is 387 g/mol. The first-order chi connectivity index (χ1) is 14.3. The molecule has 1 amide bonds. The average Bonchev–Trinajstić information content (AvgIpc) is 3.28. The average molecular weight is 409 g/mol. The summed E-state index contributed by atoms with van der Waals surface area (Å²) in [5.41, 5.74) is 4.22. The first-order valence-corrected chi connectivity index (χ1v) is 10.0. The lowest BCUT2D eigenvalue weighted by molar-refractivity contribution is -0.137. The summed E-state index contributed by atoms with van der Waals surface area (Å²) in [7, 11) is 0. The molecule has 1 aliphatic heterocycles. The fourth-order valence-electron chi connectivity index (χ4n) is 3.84. The van der Waals surface area contributed by atoms with E-state index in [9.17, 15) is 18.0 Å². The Morgan fingerprint density at radius 3 is 1.97 bits per heavy atom. The molecule has 1 heterocycles. The van der Waals surface area contributed by atoms with Gasteiger partial charge in [-0.25, -0.2) is 0 Å². The second-order valence-corrected chi connectivity index (χ2v) is 7.70. The molecule has 154 valence electrons. The number of carbonyl (C=O) groups is 1. The minimum atomic E-state index is -4.38. The molecule has 1 saturated heterocycles. The van der Waals surface area contributed by atoms with Crippen LogP contribution in [0.5, 0.6) is 0 Å². The first-order valence-electron chi connectivity index (χ1n) is 10.0. The van der Waals surface area contributed by atoms with Crippen LogP contribution in [0.15, 0.2) is 66.7 Å². The fourth-order valence-corrected chi connectivity index (χ4v) is 3.84. The third kappa shape index (κ3) is 4.11. The maximum absolute atomic E-state index is 13.0. The maximum atomic E-state index is 13.0. The summed E-state index contributed by atoms with van der Waals surface area (Å²) in [6, 6.07) is 18.6. The molecular formula is C25H22F3NO. The molecule has 0 spiro atoms. The van der Waals surface area contributed by atoms with Gasteiger partial charge in [-0.15, -0.1) is 0 Å². The molecule has 0 saturated carbocycles. The van der Waals surface area contributed by atoms with E-state index in [1.807, 2.05) is 48.2 Å². The van der Waals surface area contributed by atoms with Crippen molar-refractivity contribution in [2.45, 2.75) is 25.9 Å². The van der Waals surface area contributed by atoms with E-state index >= 15 is 0 Å². The SMILES string of the molecule is Cc1ccc(-c2ccc(C(=O)N3CCCC3)cc2-c2ccc(C(F)(F)F)cc2)cc1. The van der Waals surface area contributed by atoms with Crippen molar-refractivity contribution >= 4 is 5.91 Å². The highest BCUT2D eigenvalue weighted by atomic mass is 19.4. The maximum Gasteiger partial charge on any atom is 0.416 e. The van der Waals surface area contributed by atoms with Crippen LogP contribution in [0.1, 0.15) is 34.3 Å². The molecule has 1 fully saturated rings. The van der Waals surface area contributed by atoms with Crippen LogP contribution in [0.4, 0.5) is 13.2 Å². The van der Waals surface area contributed by atoms with Crippen LogP contribution in [0, 0.1) is 6.92 Å². The Morgan fingerprint density at radius 2 is 1.37 bits per heavy atom. The second kappa shape index (κ2) is 7.98. The number of carbonyl (C=O) groups excluding carboxylic acids is 1. The number of aryl methyl sites for hydroxylation is 1. The molecule has 0 radical (unpaired) electrons. The molecule has 4 rings (SSSR count). The normalized spacial score (nSPS) is 14.2. The topological polar surface area (TPSA) is 20.3 Å². The third-order valence-corrected chi connectivity index (χ3v) is 5.55. The summed E-state index contributed by atoms with van der Waals surface area (Å²) in [6.07, 6.45) is -2.39. The van der Waals surface area contributed by atoms with Gasteiger partial charge in [0.25, 0.3) is 5.91 Å². The number of amides is 1. The van der Waals surface area contributed by atoms with Gasteiger partial charge in [-0.1, -0.05) is 48.0 Å². The molecule has 0 bridgehead atoms. The highest BCUT2D eigenvalue weighted by molar-refractivity contribution is 5.98. The number of hydrogen-bond donors (Lipinski definition) is 0. The molecule has 30 heavy (non-hydrogen) atoms. The molecule has 0 aliphatic carbocycles. The zero-order valence-electron chi connectivity index (χ0n) is 16.7. The van der Waals surface area contributed by atoms with Gasteiger partial charge >= 0.3 is 6.18 Å². The Hall–Kier alpha value is -3.08. The molecule has 3 aromatic rings. The molecule has 3 aromatic carbocycles. The lowest BCUT2D eigenvalue weighted by Crippen LogP contribution is -2.27. The Bertz CT molecular complexity index is 1050. The van der Waals surface area contributed by atoms with Crippen LogP contribution in [-0.2, 0) is 6.18 Å². The Labute approximate surface area is 174 Å². The van der Waals surface area contributed by atoms with Gasteiger partial charge in [-0.2, -0.15) is 13.2 Å². The summed E-state index contributed by atoms with van der Waals surface area (Å²) < 4.78 is 39.0. The molecule has 0 N–H and O–H groups in total. The van der Waals surface area contributed by atoms with E-state index in [0.717, 1.165) is 60.3 Å². The Balaban J connectivity index is 1.80. The molecule has 0 atom stereocenters. The minimum absolute atomic E-state index is 0.0314. The number of likely N-dealkylation sites (tertiary alicyclic amines) is 1. The van der Waals surface area contributed by atoms with E-state index < -0.39 is 11.7 Å². The van der Waals surface area contributed by atoms with Crippen LogP contribution in [0.2, 0.25) is 0 Å². The molecule has 0 aromatic heterocycles. The van der Waals surface area contributed by atoms with Gasteiger partial charge in [0.2, 0.25) is 0 Å². The largest absolute Gasteiger partial charge is 0.416 e. The van der Waals surface area contributed by atoms with E-state index in [1.54, 1.807) is 6.07 Å². The zero-order valence-corrected chi connectivity index (χ0v) is 16.7. The minimum Gasteiger partial charge on any atom is -0.339 e. The first kappa shape index (κ1) is 20.2. The Morgan fingerprint density at radius 1 is 0.800 bits per heavy atom. The monoisotopic (exact) mass is 409 g/mol. The number of benzene rings is 3. The Kier molecular flexibility index (Phi) is 5.37. The van der Waals surface area contributed by atoms with Crippen molar-refractivity contribution in [1.82, 2.24) is 4.90 Å². The van der Waals surface area contributed by atoms with Gasteiger partial charge < -0.3 is 4.90 Å². The van der Waals surface area contributed by atoms with Gasteiger partial charge in [-0.05, 0) is 66.3 Å². The summed E-state index contributed by atoms with van der Waals surface area (Å²) >= 11 is 0. The number of alkyl halides is 3. The molecule has 5 heteroatoms. The van der Waals surface area contributed by atoms with Crippen molar-refractivity contribution in [3.8, 4) is 22.3 Å². The number of halogens is 3. The lowest BCUT2D eigenvalue weighted by Gasteiger charge is -2.18. The molecule has 0 unspecified atom stereocenters. The third-order valence-electron chi connectivity index (χ3n) is 5.55. The van der Waals surface area contributed by atoms with E-state index in [2.05, 4.69) is 0 Å². The second-order valence-electron chi connectivity index (χ2n) is 7.70. The van der Waals surface area contributed by atoms with Crippen LogP contribution in [0.3, 0.4) is 0 Å². The van der Waals surface area contributed by atoms with Crippen molar-refractivity contribution in [3.63, 3.8) is 0 Å². The smallest absolute Gasteiger partial charge is 0.339 e. The van der Waals surface area contributed by atoms with Gasteiger partial charge in [0.15, 0.2) is 0 Å². The van der Waals surface area contributed by atoms with Crippen LogP contribution < -0.4 is 0 Å². The highest BCUT2D eigenvalue weighted by Crippen LogP contribution is 2.36. The highest BCUT2D eigenvalue weighted by Gasteiger charge is 2.30. The zero-order chi connectivity index (χ0) is 21.3. The molecule has 2 nitrogen and oxygen atoms in total. The fraction of sp³-hybridized carbons (Fsp3) is 0.240. The summed E-state index contributed by atoms with van der Waals surface area (Å²) in [4.78, 5) is 14.7. The summed E-state index contributed by atoms with van der Waals surface area (Å²) in [6.45, 7) is 3.49. The summed E-state index contributed by atoms with van der Waals surface area (Å²) in [5, 5.41) is 0. The lowest BCUT2D eigenvalue weighted by atomic mass is 9.91. The number of nitrogens with zero attached hydrogens (tertiary/aromatic N) is 1. The van der Waals surface area contributed by atoms with Gasteiger partial charge in [0.1, 0.15) is 0 Å². The standard InChI is InChI=1S/C25H22F3NO/c1-17-4-6-18(7-5-17)22-13-10-20(24(30)29-14-2-3-15-29)16-23(22)19-8-11-21(12-9-19)25(26,27)28/h4-13,16H,2-3,14-15H2,1H3. The number of rotatable bonds is 3. The van der Waals surface area contributed by atoms with E-state index in [1.165, 1.54) is 12.1 Å². The predicted octanol–water partition coefficient (Wildman–Crippen LogP) is 6.58. The van der Waals surface area contributed by atoms with E-state index in [4.69, 9.17) is 0 Å². The van der Waals surface area contributed by atoms with Crippen molar-refractivity contribution in [2.24, 2.45) is 0 Å². The summed E-state index contributed by atoms with van der Waals surface area (Å²) in [5.74, 6) is -0.0314. The van der Waals surface area contributed by atoms with Crippen molar-refractivity contribution in [1.29, 1.82) is 0 Å².